The molecule has 0 spiro atoms. The molecule has 0 aliphatic rings. The molecule has 0 radical (unpaired) electrons. The lowest BCUT2D eigenvalue weighted by atomic mass is 10.1. The standard InChI is InChI=1S/C23H22ClN5O2S/c1-14-19(15(2)29-22(25-14)27-23(28-29)32-3)12-21(30)26-17-8-10-18(11-9-17)31-13-16-6-4-5-7-20(16)24/h4-11H,12-13H2,1-3H3,(H,26,30). The van der Waals surface area contributed by atoms with Crippen molar-refractivity contribution in [2.24, 2.45) is 0 Å². The summed E-state index contributed by atoms with van der Waals surface area (Å²) >= 11 is 7.62. The predicted octanol–water partition coefficient (Wildman–Crippen LogP) is 4.88. The quantitative estimate of drug-likeness (QED) is 0.390. The second kappa shape index (κ2) is 9.58. The molecule has 0 aliphatic heterocycles. The van der Waals surface area contributed by atoms with Gasteiger partial charge in [0, 0.05) is 33.2 Å². The van der Waals surface area contributed by atoms with Gasteiger partial charge in [-0.15, -0.1) is 5.10 Å². The number of nitrogens with zero attached hydrogens (tertiary/aromatic N) is 4. The molecule has 0 aliphatic carbocycles. The highest BCUT2D eigenvalue weighted by Crippen LogP contribution is 2.21. The monoisotopic (exact) mass is 467 g/mol. The number of ether oxygens (including phenoxy) is 1. The fraction of sp³-hybridized carbons (Fsp3) is 0.217. The van der Waals surface area contributed by atoms with Gasteiger partial charge in [-0.1, -0.05) is 41.6 Å². The minimum absolute atomic E-state index is 0.132. The highest BCUT2D eigenvalue weighted by Gasteiger charge is 2.16. The van der Waals surface area contributed by atoms with Crippen LogP contribution in [0.25, 0.3) is 5.78 Å². The van der Waals surface area contributed by atoms with Crippen LogP contribution in [0.15, 0.2) is 53.7 Å². The molecule has 0 saturated carbocycles. The molecule has 2 aromatic carbocycles. The molecule has 2 aromatic heterocycles. The summed E-state index contributed by atoms with van der Waals surface area (Å²) in [5.74, 6) is 1.10. The maximum atomic E-state index is 12.7. The average Bonchev–Trinajstić information content (AvgIpc) is 3.20. The Morgan fingerprint density at radius 2 is 1.88 bits per heavy atom. The zero-order chi connectivity index (χ0) is 22.7. The summed E-state index contributed by atoms with van der Waals surface area (Å²) in [6, 6.07) is 14.8. The number of anilines is 1. The minimum atomic E-state index is -0.132. The first-order valence-corrected chi connectivity index (χ1v) is 11.6. The normalized spacial score (nSPS) is 11.0. The molecule has 32 heavy (non-hydrogen) atoms. The Labute approximate surface area is 195 Å². The summed E-state index contributed by atoms with van der Waals surface area (Å²) in [5.41, 5.74) is 4.08. The molecule has 4 aromatic rings. The molecule has 1 amide bonds. The Morgan fingerprint density at radius 1 is 1.12 bits per heavy atom. The van der Waals surface area contributed by atoms with Crippen LogP contribution < -0.4 is 10.1 Å². The van der Waals surface area contributed by atoms with Gasteiger partial charge in [0.1, 0.15) is 12.4 Å². The summed E-state index contributed by atoms with van der Waals surface area (Å²) in [4.78, 5) is 21.6. The number of carbonyl (C=O) groups is 1. The van der Waals surface area contributed by atoms with Gasteiger partial charge in [-0.25, -0.2) is 9.50 Å². The molecular formula is C23H22ClN5O2S. The number of rotatable bonds is 7. The van der Waals surface area contributed by atoms with Crippen LogP contribution >= 0.6 is 23.4 Å². The number of thioether (sulfide) groups is 1. The Hall–Kier alpha value is -3.10. The molecule has 0 fully saturated rings. The van der Waals surface area contributed by atoms with E-state index in [4.69, 9.17) is 16.3 Å². The first kappa shape index (κ1) is 22.1. The number of benzene rings is 2. The van der Waals surface area contributed by atoms with Gasteiger partial charge in [-0.2, -0.15) is 4.98 Å². The van der Waals surface area contributed by atoms with Crippen LogP contribution in [0.1, 0.15) is 22.5 Å². The molecule has 4 rings (SSSR count). The average molecular weight is 468 g/mol. The topological polar surface area (TPSA) is 81.4 Å². The molecule has 0 saturated heterocycles. The molecule has 2 heterocycles. The third-order valence-corrected chi connectivity index (χ3v) is 5.95. The van der Waals surface area contributed by atoms with Crippen molar-refractivity contribution >= 4 is 40.7 Å². The summed E-state index contributed by atoms with van der Waals surface area (Å²) in [6.45, 7) is 4.18. The van der Waals surface area contributed by atoms with Gasteiger partial charge in [0.2, 0.25) is 11.1 Å². The van der Waals surface area contributed by atoms with Crippen molar-refractivity contribution in [3.8, 4) is 5.75 Å². The zero-order valence-electron chi connectivity index (χ0n) is 17.9. The van der Waals surface area contributed by atoms with Gasteiger partial charge >= 0.3 is 0 Å². The number of fused-ring (bicyclic) bond motifs is 1. The van der Waals surface area contributed by atoms with E-state index in [0.717, 1.165) is 22.5 Å². The first-order valence-electron chi connectivity index (χ1n) is 9.97. The van der Waals surface area contributed by atoms with Crippen molar-refractivity contribution in [3.05, 3.63) is 76.1 Å². The molecule has 164 valence electrons. The summed E-state index contributed by atoms with van der Waals surface area (Å²) in [7, 11) is 0. The molecule has 0 atom stereocenters. The zero-order valence-corrected chi connectivity index (χ0v) is 19.5. The number of amides is 1. The van der Waals surface area contributed by atoms with E-state index in [1.165, 1.54) is 11.8 Å². The third kappa shape index (κ3) is 4.87. The van der Waals surface area contributed by atoms with Crippen LogP contribution in [0, 0.1) is 13.8 Å². The number of halogens is 1. The SMILES string of the molecule is CSc1nc2nc(C)c(CC(=O)Nc3ccc(OCc4ccccc4Cl)cc3)c(C)n2n1. The van der Waals surface area contributed by atoms with Crippen molar-refractivity contribution in [2.45, 2.75) is 32.0 Å². The van der Waals surface area contributed by atoms with Crippen LogP contribution in [0.4, 0.5) is 5.69 Å². The van der Waals surface area contributed by atoms with Crippen molar-refractivity contribution in [2.75, 3.05) is 11.6 Å². The van der Waals surface area contributed by atoms with Gasteiger partial charge in [0.25, 0.3) is 5.78 Å². The fourth-order valence-electron chi connectivity index (χ4n) is 3.31. The van der Waals surface area contributed by atoms with E-state index in [1.54, 1.807) is 4.52 Å². The largest absolute Gasteiger partial charge is 0.489 e. The Morgan fingerprint density at radius 3 is 2.59 bits per heavy atom. The lowest BCUT2D eigenvalue weighted by Gasteiger charge is -2.11. The fourth-order valence-corrected chi connectivity index (χ4v) is 3.84. The molecule has 1 N–H and O–H groups in total. The summed E-state index contributed by atoms with van der Waals surface area (Å²) < 4.78 is 7.48. The van der Waals surface area contributed by atoms with Crippen LogP contribution in [-0.4, -0.2) is 31.7 Å². The van der Waals surface area contributed by atoms with Gasteiger partial charge in [0.05, 0.1) is 6.42 Å². The van der Waals surface area contributed by atoms with Crippen LogP contribution in [0.2, 0.25) is 5.02 Å². The first-order chi connectivity index (χ1) is 15.4. The van der Waals surface area contributed by atoms with Gasteiger partial charge in [-0.05, 0) is 50.4 Å². The lowest BCUT2D eigenvalue weighted by Crippen LogP contribution is -2.17. The summed E-state index contributed by atoms with van der Waals surface area (Å²) in [6.07, 6.45) is 2.11. The number of aromatic nitrogens is 4. The Bertz CT molecular complexity index is 1270. The second-order valence-electron chi connectivity index (χ2n) is 7.20. The number of carbonyl (C=O) groups excluding carboxylic acids is 1. The van der Waals surface area contributed by atoms with Crippen molar-refractivity contribution < 1.29 is 9.53 Å². The maximum absolute atomic E-state index is 12.7. The van der Waals surface area contributed by atoms with E-state index in [1.807, 2.05) is 68.6 Å². The molecular weight excluding hydrogens is 446 g/mol. The number of aryl methyl sites for hydroxylation is 2. The van der Waals surface area contributed by atoms with Crippen molar-refractivity contribution in [1.82, 2.24) is 19.6 Å². The van der Waals surface area contributed by atoms with E-state index in [2.05, 4.69) is 20.4 Å². The number of hydrogen-bond acceptors (Lipinski definition) is 6. The van der Waals surface area contributed by atoms with Crippen LogP contribution in [-0.2, 0) is 17.8 Å². The van der Waals surface area contributed by atoms with Crippen molar-refractivity contribution in [3.63, 3.8) is 0 Å². The van der Waals surface area contributed by atoms with Gasteiger partial charge in [0.15, 0.2) is 0 Å². The van der Waals surface area contributed by atoms with E-state index < -0.39 is 0 Å². The van der Waals surface area contributed by atoms with E-state index in [-0.39, 0.29) is 12.3 Å². The highest BCUT2D eigenvalue weighted by atomic mass is 35.5. The van der Waals surface area contributed by atoms with Crippen LogP contribution in [0.5, 0.6) is 5.75 Å². The Balaban J connectivity index is 1.40. The molecule has 0 unspecified atom stereocenters. The predicted molar refractivity (Wildman–Crippen MR) is 127 cm³/mol. The Kier molecular flexibility index (Phi) is 6.62. The summed E-state index contributed by atoms with van der Waals surface area (Å²) in [5, 5.41) is 8.68. The van der Waals surface area contributed by atoms with E-state index in [0.29, 0.717) is 34.0 Å². The second-order valence-corrected chi connectivity index (χ2v) is 8.38. The lowest BCUT2D eigenvalue weighted by molar-refractivity contribution is -0.115. The molecule has 7 nitrogen and oxygen atoms in total. The number of nitrogens with one attached hydrogen (secondary N) is 1. The van der Waals surface area contributed by atoms with Gasteiger partial charge < -0.3 is 10.1 Å². The maximum Gasteiger partial charge on any atom is 0.253 e. The third-order valence-electron chi connectivity index (χ3n) is 5.04. The van der Waals surface area contributed by atoms with Crippen LogP contribution in [0.3, 0.4) is 0 Å². The molecule has 0 bridgehead atoms. The van der Waals surface area contributed by atoms with E-state index in [9.17, 15) is 4.79 Å². The van der Waals surface area contributed by atoms with Gasteiger partial charge in [-0.3, -0.25) is 4.79 Å². The smallest absolute Gasteiger partial charge is 0.253 e. The number of hydrogen-bond donors (Lipinski definition) is 1. The van der Waals surface area contributed by atoms with E-state index >= 15 is 0 Å². The molecule has 9 heteroatoms. The minimum Gasteiger partial charge on any atom is -0.489 e. The highest BCUT2D eigenvalue weighted by molar-refractivity contribution is 7.98. The van der Waals surface area contributed by atoms with Crippen molar-refractivity contribution in [1.29, 1.82) is 0 Å².